The van der Waals surface area contributed by atoms with E-state index in [0.29, 0.717) is 4.47 Å². The van der Waals surface area contributed by atoms with Gasteiger partial charge in [0.2, 0.25) is 6.04 Å². The maximum atomic E-state index is 12.8. The Labute approximate surface area is 98.9 Å². The van der Waals surface area contributed by atoms with Gasteiger partial charge in [0.15, 0.2) is 0 Å². The molecule has 82 valence electrons. The van der Waals surface area contributed by atoms with Crippen molar-refractivity contribution in [3.63, 3.8) is 0 Å². The van der Waals surface area contributed by atoms with Gasteiger partial charge < -0.3 is 5.73 Å². The van der Waals surface area contributed by atoms with Gasteiger partial charge in [0.25, 0.3) is 5.91 Å². The van der Waals surface area contributed by atoms with E-state index in [1.807, 2.05) is 0 Å². The summed E-state index contributed by atoms with van der Waals surface area (Å²) in [6.45, 7) is 0. The van der Waals surface area contributed by atoms with E-state index in [0.717, 1.165) is 6.07 Å². The predicted molar refractivity (Wildman–Crippen MR) is 57.2 cm³/mol. The molecule has 0 saturated heterocycles. The lowest BCUT2D eigenvalue weighted by molar-refractivity contribution is -0.118. The summed E-state index contributed by atoms with van der Waals surface area (Å²) >= 11 is 3.12. The van der Waals surface area contributed by atoms with Crippen LogP contribution in [-0.2, 0) is 4.79 Å². The van der Waals surface area contributed by atoms with E-state index in [-0.39, 0.29) is 5.69 Å². The molecule has 0 spiro atoms. The Hall–Kier alpha value is -1.81. The molecule has 1 aromatic rings. The molecule has 0 radical (unpaired) electrons. The number of hydrogen-bond donors (Lipinski definition) is 1. The lowest BCUT2D eigenvalue weighted by Crippen LogP contribution is -2.24. The zero-order chi connectivity index (χ0) is 12.1. The van der Waals surface area contributed by atoms with Crippen LogP contribution in [-0.4, -0.2) is 11.9 Å². The number of nitriles is 1. The topological polar surface area (TPSA) is 91.6 Å². The van der Waals surface area contributed by atoms with Crippen molar-refractivity contribution in [3.8, 4) is 6.07 Å². The minimum absolute atomic E-state index is 0.182. The number of benzene rings is 1. The van der Waals surface area contributed by atoms with Crippen LogP contribution in [0.1, 0.15) is 0 Å². The Morgan fingerprint density at radius 1 is 1.62 bits per heavy atom. The van der Waals surface area contributed by atoms with E-state index in [2.05, 4.69) is 26.2 Å². The Kier molecular flexibility index (Phi) is 4.08. The van der Waals surface area contributed by atoms with Gasteiger partial charge in [0.05, 0.1) is 0 Å². The van der Waals surface area contributed by atoms with Crippen molar-refractivity contribution in [2.24, 2.45) is 16.0 Å². The van der Waals surface area contributed by atoms with Crippen molar-refractivity contribution in [2.45, 2.75) is 6.04 Å². The number of nitrogens with zero attached hydrogens (tertiary/aromatic N) is 3. The molecule has 1 atom stereocenters. The minimum Gasteiger partial charge on any atom is -0.367 e. The van der Waals surface area contributed by atoms with Gasteiger partial charge in [-0.05, 0) is 28.1 Å². The van der Waals surface area contributed by atoms with Crippen LogP contribution in [0.2, 0.25) is 0 Å². The number of carbonyl (C=O) groups is 1. The first-order valence-electron chi connectivity index (χ1n) is 4.09. The van der Waals surface area contributed by atoms with Crippen molar-refractivity contribution in [2.75, 3.05) is 0 Å². The van der Waals surface area contributed by atoms with Crippen LogP contribution in [0.4, 0.5) is 10.1 Å². The average molecular weight is 285 g/mol. The van der Waals surface area contributed by atoms with E-state index >= 15 is 0 Å². The maximum absolute atomic E-state index is 12.8. The number of carbonyl (C=O) groups excluding carboxylic acids is 1. The highest BCUT2D eigenvalue weighted by atomic mass is 79.9. The normalized spacial score (nSPS) is 12.3. The molecule has 7 heteroatoms. The number of amides is 1. The van der Waals surface area contributed by atoms with Gasteiger partial charge in [-0.2, -0.15) is 15.5 Å². The van der Waals surface area contributed by atoms with Crippen LogP contribution in [0, 0.1) is 17.1 Å². The second-order valence-electron chi connectivity index (χ2n) is 2.75. The number of hydrogen-bond acceptors (Lipinski definition) is 4. The molecule has 0 heterocycles. The summed E-state index contributed by atoms with van der Waals surface area (Å²) in [6, 6.07) is 3.99. The zero-order valence-electron chi connectivity index (χ0n) is 7.89. The van der Waals surface area contributed by atoms with Crippen LogP contribution in [0.25, 0.3) is 0 Å². The zero-order valence-corrected chi connectivity index (χ0v) is 9.48. The number of azo groups is 1. The van der Waals surface area contributed by atoms with Crippen molar-refractivity contribution < 1.29 is 9.18 Å². The lowest BCUT2D eigenvalue weighted by atomic mass is 10.3. The summed E-state index contributed by atoms with van der Waals surface area (Å²) in [5, 5.41) is 15.5. The number of nitrogens with two attached hydrogens (primary N) is 1. The summed E-state index contributed by atoms with van der Waals surface area (Å²) in [7, 11) is 0. The van der Waals surface area contributed by atoms with E-state index in [4.69, 9.17) is 11.0 Å². The van der Waals surface area contributed by atoms with Crippen LogP contribution in [0.5, 0.6) is 0 Å². The first-order chi connectivity index (χ1) is 7.54. The first kappa shape index (κ1) is 12.3. The molecular formula is C9H6BrFN4O. The summed E-state index contributed by atoms with van der Waals surface area (Å²) in [6.07, 6.45) is 0. The third-order valence-electron chi connectivity index (χ3n) is 1.58. The fourth-order valence-electron chi connectivity index (χ4n) is 0.829. The average Bonchev–Trinajstić information content (AvgIpc) is 2.23. The second-order valence-corrected chi connectivity index (χ2v) is 3.60. The van der Waals surface area contributed by atoms with Crippen LogP contribution >= 0.6 is 15.9 Å². The number of halogens is 2. The first-order valence-corrected chi connectivity index (χ1v) is 4.88. The predicted octanol–water partition coefficient (Wildman–Crippen LogP) is 2.05. The molecule has 1 aromatic carbocycles. The standard InChI is InChI=1S/C9H6BrFN4O/c10-6-2-1-5(11)3-7(6)14-15-8(4-12)9(13)16/h1-3,8H,(H2,13,16). The summed E-state index contributed by atoms with van der Waals surface area (Å²) in [5.41, 5.74) is 5.06. The largest absolute Gasteiger partial charge is 0.367 e. The van der Waals surface area contributed by atoms with Crippen molar-refractivity contribution in [3.05, 3.63) is 28.5 Å². The van der Waals surface area contributed by atoms with E-state index in [1.54, 1.807) is 6.07 Å². The molecule has 0 saturated carbocycles. The molecule has 16 heavy (non-hydrogen) atoms. The highest BCUT2D eigenvalue weighted by molar-refractivity contribution is 9.10. The third-order valence-corrected chi connectivity index (χ3v) is 2.25. The summed E-state index contributed by atoms with van der Waals surface area (Å²) < 4.78 is 13.3. The Morgan fingerprint density at radius 3 is 2.88 bits per heavy atom. The Balaban J connectivity index is 2.96. The molecule has 0 aliphatic rings. The molecule has 1 unspecified atom stereocenters. The molecule has 1 amide bonds. The monoisotopic (exact) mass is 284 g/mol. The van der Waals surface area contributed by atoms with Crippen LogP contribution in [0.3, 0.4) is 0 Å². The van der Waals surface area contributed by atoms with Crippen molar-refractivity contribution in [1.29, 1.82) is 5.26 Å². The van der Waals surface area contributed by atoms with Gasteiger partial charge in [-0.15, -0.1) is 0 Å². The fourth-order valence-corrected chi connectivity index (χ4v) is 1.15. The highest BCUT2D eigenvalue weighted by Crippen LogP contribution is 2.26. The van der Waals surface area contributed by atoms with Crippen LogP contribution < -0.4 is 5.73 Å². The van der Waals surface area contributed by atoms with Gasteiger partial charge in [0, 0.05) is 10.5 Å². The Morgan fingerprint density at radius 2 is 2.31 bits per heavy atom. The van der Waals surface area contributed by atoms with Crippen molar-refractivity contribution in [1.82, 2.24) is 0 Å². The summed E-state index contributed by atoms with van der Waals surface area (Å²) in [5.74, 6) is -1.40. The van der Waals surface area contributed by atoms with Gasteiger partial charge >= 0.3 is 0 Å². The van der Waals surface area contributed by atoms with E-state index in [9.17, 15) is 9.18 Å². The van der Waals surface area contributed by atoms with Gasteiger partial charge in [-0.1, -0.05) is 0 Å². The molecule has 0 bridgehead atoms. The van der Waals surface area contributed by atoms with E-state index in [1.165, 1.54) is 12.1 Å². The molecule has 0 fully saturated rings. The SMILES string of the molecule is N#CC(N=Nc1cc(F)ccc1Br)C(N)=O. The molecule has 0 aliphatic heterocycles. The highest BCUT2D eigenvalue weighted by Gasteiger charge is 2.12. The fraction of sp³-hybridized carbons (Fsp3) is 0.111. The van der Waals surface area contributed by atoms with Gasteiger partial charge in [0.1, 0.15) is 17.6 Å². The summed E-state index contributed by atoms with van der Waals surface area (Å²) in [4.78, 5) is 10.7. The quantitative estimate of drug-likeness (QED) is 0.861. The van der Waals surface area contributed by atoms with Crippen LogP contribution in [0.15, 0.2) is 32.9 Å². The molecule has 0 aromatic heterocycles. The second kappa shape index (κ2) is 5.32. The maximum Gasteiger partial charge on any atom is 0.258 e. The molecular weight excluding hydrogens is 279 g/mol. The third kappa shape index (κ3) is 3.10. The van der Waals surface area contributed by atoms with Gasteiger partial charge in [-0.25, -0.2) is 4.39 Å². The van der Waals surface area contributed by atoms with E-state index < -0.39 is 17.8 Å². The smallest absolute Gasteiger partial charge is 0.258 e. The molecule has 1 rings (SSSR count). The molecule has 2 N–H and O–H groups in total. The lowest BCUT2D eigenvalue weighted by Gasteiger charge is -1.98. The number of rotatable bonds is 3. The Bertz CT molecular complexity index is 483. The van der Waals surface area contributed by atoms with Gasteiger partial charge in [-0.3, -0.25) is 4.79 Å². The van der Waals surface area contributed by atoms with Crippen molar-refractivity contribution >= 4 is 27.5 Å². The minimum atomic E-state index is -1.37. The molecule has 5 nitrogen and oxygen atoms in total. The molecule has 0 aliphatic carbocycles. The number of primary amides is 1.